The molecule has 0 atom stereocenters. The third kappa shape index (κ3) is 5.15. The number of aromatic hydroxyl groups is 1. The van der Waals surface area contributed by atoms with Crippen LogP contribution in [0.1, 0.15) is 40.5 Å². The lowest BCUT2D eigenvalue weighted by molar-refractivity contribution is 0.160. The topological polar surface area (TPSA) is 92.0 Å². The highest BCUT2D eigenvalue weighted by molar-refractivity contribution is 5.89. The minimum atomic E-state index is 0. The quantitative estimate of drug-likeness (QED) is 0.403. The van der Waals surface area contributed by atoms with Crippen LogP contribution in [0.15, 0.2) is 49.1 Å². The fourth-order valence-corrected chi connectivity index (χ4v) is 5.46. The highest BCUT2D eigenvalue weighted by atomic mass is 35.5. The number of benzene rings is 1. The number of rotatable bonds is 4. The maximum Gasteiger partial charge on any atom is 0.151 e. The number of imidazole rings is 1. The summed E-state index contributed by atoms with van der Waals surface area (Å²) in [5.41, 5.74) is 3.84. The molecule has 1 saturated heterocycles. The molecule has 9 heteroatoms. The highest BCUT2D eigenvalue weighted by Gasteiger charge is 2.39. The Kier molecular flexibility index (Phi) is 6.70. The van der Waals surface area contributed by atoms with Crippen LogP contribution >= 0.6 is 12.4 Å². The van der Waals surface area contributed by atoms with E-state index in [9.17, 15) is 5.11 Å². The predicted octanol–water partition coefficient (Wildman–Crippen LogP) is 4.97. The highest BCUT2D eigenvalue weighted by Crippen LogP contribution is 2.35. The number of aryl methyl sites for hydroxylation is 1. The standard InChI is InChI=1S/C27H33N7O.ClH/c1-26(2)12-19(13-27(3,4)32-26)34(6)25-8-7-21(30-31-25)20-10-17-9-18(23-15-33(5)16-29-23)14-28-22(17)11-24(20)35;/h7-11,14-16,19,32,35H,12-13H2,1-6H3;1H. The molecular formula is C27H34ClN7O. The molecule has 8 nitrogen and oxygen atoms in total. The summed E-state index contributed by atoms with van der Waals surface area (Å²) in [6.07, 6.45) is 7.54. The van der Waals surface area contributed by atoms with Crippen molar-refractivity contribution in [1.82, 2.24) is 30.0 Å². The first-order chi connectivity index (χ1) is 16.5. The fraction of sp³-hybridized carbons (Fsp3) is 0.407. The van der Waals surface area contributed by atoms with Crippen molar-refractivity contribution in [2.24, 2.45) is 7.05 Å². The van der Waals surface area contributed by atoms with E-state index in [1.807, 2.05) is 42.1 Å². The van der Waals surface area contributed by atoms with Gasteiger partial charge < -0.3 is 19.9 Å². The molecule has 1 aliphatic rings. The van der Waals surface area contributed by atoms with Gasteiger partial charge in [-0.3, -0.25) is 4.98 Å². The number of anilines is 1. The number of halogens is 1. The second-order valence-corrected chi connectivity index (χ2v) is 11.1. The molecule has 0 radical (unpaired) electrons. The van der Waals surface area contributed by atoms with Crippen LogP contribution in [0.4, 0.5) is 5.82 Å². The predicted molar refractivity (Wildman–Crippen MR) is 147 cm³/mol. The molecule has 0 spiro atoms. The lowest BCUT2D eigenvalue weighted by atomic mass is 9.79. The summed E-state index contributed by atoms with van der Waals surface area (Å²) in [5.74, 6) is 0.958. The van der Waals surface area contributed by atoms with Gasteiger partial charge in [-0.2, -0.15) is 0 Å². The number of hydrogen-bond donors (Lipinski definition) is 2. The molecule has 4 aromatic rings. The van der Waals surface area contributed by atoms with E-state index in [1.54, 1.807) is 18.6 Å². The zero-order valence-electron chi connectivity index (χ0n) is 21.6. The van der Waals surface area contributed by atoms with Gasteiger partial charge in [-0.15, -0.1) is 22.6 Å². The summed E-state index contributed by atoms with van der Waals surface area (Å²) in [4.78, 5) is 11.2. The van der Waals surface area contributed by atoms with Gasteiger partial charge in [0.1, 0.15) is 5.75 Å². The molecule has 1 aliphatic heterocycles. The molecule has 1 fully saturated rings. The second-order valence-electron chi connectivity index (χ2n) is 11.1. The first-order valence-electron chi connectivity index (χ1n) is 12.0. The average molecular weight is 508 g/mol. The minimum absolute atomic E-state index is 0. The number of piperidine rings is 1. The number of nitrogens with one attached hydrogen (secondary N) is 1. The molecule has 0 amide bonds. The van der Waals surface area contributed by atoms with Crippen LogP contribution in [-0.4, -0.2) is 54.0 Å². The van der Waals surface area contributed by atoms with Gasteiger partial charge in [-0.25, -0.2) is 4.98 Å². The van der Waals surface area contributed by atoms with Crippen LogP contribution in [-0.2, 0) is 7.05 Å². The number of phenolic OH excluding ortho intramolecular Hbond substituents is 1. The molecule has 1 aromatic carbocycles. The molecule has 0 aliphatic carbocycles. The van der Waals surface area contributed by atoms with Crippen LogP contribution in [0.2, 0.25) is 0 Å². The van der Waals surface area contributed by atoms with Crippen LogP contribution in [0.25, 0.3) is 33.4 Å². The van der Waals surface area contributed by atoms with Crippen molar-refractivity contribution in [2.75, 3.05) is 11.9 Å². The number of pyridine rings is 1. The van der Waals surface area contributed by atoms with Crippen LogP contribution < -0.4 is 10.2 Å². The Morgan fingerprint density at radius 3 is 2.33 bits per heavy atom. The van der Waals surface area contributed by atoms with Crippen molar-refractivity contribution in [2.45, 2.75) is 57.7 Å². The van der Waals surface area contributed by atoms with Gasteiger partial charge in [-0.05, 0) is 64.8 Å². The van der Waals surface area contributed by atoms with Crippen molar-refractivity contribution in [3.8, 4) is 28.3 Å². The molecule has 5 rings (SSSR count). The van der Waals surface area contributed by atoms with Crippen LogP contribution in [0, 0.1) is 0 Å². The van der Waals surface area contributed by atoms with E-state index in [2.05, 4.69) is 65.1 Å². The number of hydrogen-bond acceptors (Lipinski definition) is 7. The Labute approximate surface area is 218 Å². The largest absolute Gasteiger partial charge is 0.507 e. The molecule has 0 unspecified atom stereocenters. The summed E-state index contributed by atoms with van der Waals surface area (Å²) in [7, 11) is 4.03. The van der Waals surface area contributed by atoms with E-state index in [4.69, 9.17) is 0 Å². The lowest BCUT2D eigenvalue weighted by Crippen LogP contribution is -2.62. The van der Waals surface area contributed by atoms with E-state index in [0.29, 0.717) is 22.8 Å². The summed E-state index contributed by atoms with van der Waals surface area (Å²) >= 11 is 0. The molecule has 190 valence electrons. The van der Waals surface area contributed by atoms with E-state index in [0.717, 1.165) is 35.3 Å². The Morgan fingerprint density at radius 2 is 1.72 bits per heavy atom. The second kappa shape index (κ2) is 9.33. The van der Waals surface area contributed by atoms with Gasteiger partial charge in [0.15, 0.2) is 5.82 Å². The van der Waals surface area contributed by atoms with Crippen LogP contribution in [0.3, 0.4) is 0 Å². The van der Waals surface area contributed by atoms with Gasteiger partial charge in [0, 0.05) is 66.2 Å². The molecule has 2 N–H and O–H groups in total. The third-order valence-corrected chi connectivity index (χ3v) is 6.80. The molecule has 0 bridgehead atoms. The Morgan fingerprint density at radius 1 is 1.00 bits per heavy atom. The van der Waals surface area contributed by atoms with E-state index < -0.39 is 0 Å². The first kappa shape index (κ1) is 25.9. The Balaban J connectivity index is 0.00000304. The number of fused-ring (bicyclic) bond motifs is 1. The normalized spacial score (nSPS) is 17.1. The molecule has 36 heavy (non-hydrogen) atoms. The van der Waals surface area contributed by atoms with Gasteiger partial charge in [0.05, 0.1) is 23.2 Å². The van der Waals surface area contributed by atoms with Crippen LogP contribution in [0.5, 0.6) is 5.75 Å². The number of nitrogens with zero attached hydrogens (tertiary/aromatic N) is 6. The fourth-order valence-electron chi connectivity index (χ4n) is 5.46. The summed E-state index contributed by atoms with van der Waals surface area (Å²) in [5, 5.41) is 24.4. The van der Waals surface area contributed by atoms with Crippen molar-refractivity contribution < 1.29 is 5.11 Å². The van der Waals surface area contributed by atoms with Gasteiger partial charge in [-0.1, -0.05) is 0 Å². The smallest absolute Gasteiger partial charge is 0.151 e. The Hall–Kier alpha value is -3.23. The Bertz CT molecular complexity index is 1360. The van der Waals surface area contributed by atoms with Gasteiger partial charge in [0.2, 0.25) is 0 Å². The van der Waals surface area contributed by atoms with Gasteiger partial charge in [0.25, 0.3) is 0 Å². The molecule has 3 aromatic heterocycles. The van der Waals surface area contributed by atoms with E-state index in [1.165, 1.54) is 0 Å². The third-order valence-electron chi connectivity index (χ3n) is 6.80. The maximum absolute atomic E-state index is 10.7. The molecular weight excluding hydrogens is 474 g/mol. The molecule has 4 heterocycles. The van der Waals surface area contributed by atoms with Crippen molar-refractivity contribution in [3.05, 3.63) is 49.1 Å². The van der Waals surface area contributed by atoms with Crippen molar-refractivity contribution in [3.63, 3.8) is 0 Å². The maximum atomic E-state index is 10.7. The monoisotopic (exact) mass is 507 g/mol. The minimum Gasteiger partial charge on any atom is -0.507 e. The zero-order chi connectivity index (χ0) is 25.0. The summed E-state index contributed by atoms with van der Waals surface area (Å²) in [6, 6.07) is 9.88. The number of phenols is 1. The van der Waals surface area contributed by atoms with Gasteiger partial charge >= 0.3 is 0 Å². The molecule has 0 saturated carbocycles. The SMILES string of the molecule is CN(c1ccc(-c2cc3cc(-c4cn(C)cn4)cnc3cc2O)nn1)C1CC(C)(C)NC(C)(C)C1.Cl. The summed E-state index contributed by atoms with van der Waals surface area (Å²) < 4.78 is 1.90. The lowest BCUT2D eigenvalue weighted by Gasteiger charge is -2.49. The average Bonchev–Trinajstić information content (AvgIpc) is 3.22. The van der Waals surface area contributed by atoms with E-state index >= 15 is 0 Å². The summed E-state index contributed by atoms with van der Waals surface area (Å²) in [6.45, 7) is 9.00. The van der Waals surface area contributed by atoms with E-state index in [-0.39, 0.29) is 29.2 Å². The van der Waals surface area contributed by atoms with Crippen molar-refractivity contribution >= 4 is 29.1 Å². The first-order valence-corrected chi connectivity index (χ1v) is 12.0. The zero-order valence-corrected chi connectivity index (χ0v) is 22.5. The van der Waals surface area contributed by atoms with Crippen molar-refractivity contribution in [1.29, 1.82) is 0 Å². The number of aromatic nitrogens is 5.